The average Bonchev–Trinajstić information content (AvgIpc) is 2.91. The molecule has 6 heteroatoms. The van der Waals surface area contributed by atoms with Crippen molar-refractivity contribution in [1.82, 2.24) is 14.5 Å². The van der Waals surface area contributed by atoms with E-state index in [1.165, 1.54) is 11.8 Å². The van der Waals surface area contributed by atoms with E-state index in [-0.39, 0.29) is 5.91 Å². The number of ether oxygens (including phenoxy) is 1. The van der Waals surface area contributed by atoms with E-state index >= 15 is 0 Å². The van der Waals surface area contributed by atoms with Crippen molar-refractivity contribution in [2.45, 2.75) is 20.4 Å². The number of hydrogen-bond acceptors (Lipinski definition) is 4. The summed E-state index contributed by atoms with van der Waals surface area (Å²) in [5, 5.41) is 0. The Balaban J connectivity index is 2.19. The summed E-state index contributed by atoms with van der Waals surface area (Å²) in [6.45, 7) is 3.84. The van der Waals surface area contributed by atoms with Gasteiger partial charge in [-0.15, -0.1) is 0 Å². The number of carbonyl (C=O) groups excluding carboxylic acids is 2. The number of esters is 1. The number of aromatic nitrogens is 2. The van der Waals surface area contributed by atoms with Crippen LogP contribution in [0.5, 0.6) is 5.75 Å². The molecule has 134 valence electrons. The Morgan fingerprint density at radius 3 is 2.46 bits per heavy atom. The first kappa shape index (κ1) is 17.7. The van der Waals surface area contributed by atoms with Crippen LogP contribution in [-0.2, 0) is 11.3 Å². The van der Waals surface area contributed by atoms with Gasteiger partial charge in [0.15, 0.2) is 5.75 Å². The molecule has 1 aromatic heterocycles. The molecule has 0 aliphatic rings. The fourth-order valence-corrected chi connectivity index (χ4v) is 2.89. The Labute approximate surface area is 152 Å². The van der Waals surface area contributed by atoms with E-state index in [0.717, 1.165) is 16.9 Å². The second kappa shape index (κ2) is 7.00. The summed E-state index contributed by atoms with van der Waals surface area (Å²) in [6, 6.07) is 13.4. The maximum atomic E-state index is 12.5. The molecule has 0 spiro atoms. The highest BCUT2D eigenvalue weighted by Crippen LogP contribution is 2.29. The van der Waals surface area contributed by atoms with Crippen LogP contribution in [0.2, 0.25) is 0 Å². The molecule has 2 aromatic carbocycles. The number of imidazole rings is 1. The smallest absolute Gasteiger partial charge is 0.308 e. The van der Waals surface area contributed by atoms with Crippen LogP contribution in [0.15, 0.2) is 42.5 Å². The summed E-state index contributed by atoms with van der Waals surface area (Å²) in [7, 11) is 3.37. The van der Waals surface area contributed by atoms with Gasteiger partial charge in [-0.1, -0.05) is 30.3 Å². The minimum absolute atomic E-state index is 0.162. The molecule has 1 heterocycles. The monoisotopic (exact) mass is 351 g/mol. The lowest BCUT2D eigenvalue weighted by molar-refractivity contribution is -0.131. The van der Waals surface area contributed by atoms with Crippen molar-refractivity contribution >= 4 is 22.9 Å². The number of amides is 1. The largest absolute Gasteiger partial charge is 0.424 e. The number of rotatable bonds is 4. The molecule has 3 rings (SSSR count). The third kappa shape index (κ3) is 3.44. The fourth-order valence-electron chi connectivity index (χ4n) is 2.89. The Morgan fingerprint density at radius 2 is 1.85 bits per heavy atom. The Kier molecular flexibility index (Phi) is 4.75. The van der Waals surface area contributed by atoms with Gasteiger partial charge < -0.3 is 14.2 Å². The molecule has 0 fully saturated rings. The van der Waals surface area contributed by atoms with E-state index in [4.69, 9.17) is 4.74 Å². The van der Waals surface area contributed by atoms with E-state index in [1.807, 2.05) is 41.8 Å². The molecular formula is C20H21N3O3. The quantitative estimate of drug-likeness (QED) is 0.535. The van der Waals surface area contributed by atoms with Crippen molar-refractivity contribution < 1.29 is 14.3 Å². The fraction of sp³-hybridized carbons (Fsp3) is 0.250. The standard InChI is InChI=1S/C20H21N3O3/c1-13-21-19-17(23(13)12-15-8-6-5-7-9-15)10-16(20(25)22(3)4)11-18(19)26-14(2)24/h5-11H,12H2,1-4H3. The minimum Gasteiger partial charge on any atom is -0.424 e. The van der Waals surface area contributed by atoms with Crippen LogP contribution < -0.4 is 4.74 Å². The molecule has 0 aliphatic carbocycles. The number of carbonyl (C=O) groups is 2. The van der Waals surface area contributed by atoms with E-state index in [0.29, 0.717) is 23.4 Å². The molecule has 0 bridgehead atoms. The predicted octanol–water partition coefficient (Wildman–Crippen LogP) is 3.02. The van der Waals surface area contributed by atoms with Crippen LogP contribution in [-0.4, -0.2) is 40.4 Å². The average molecular weight is 351 g/mol. The second-order valence-corrected chi connectivity index (χ2v) is 6.37. The summed E-state index contributed by atoms with van der Waals surface area (Å²) >= 11 is 0. The molecule has 6 nitrogen and oxygen atoms in total. The zero-order valence-corrected chi connectivity index (χ0v) is 15.3. The van der Waals surface area contributed by atoms with Gasteiger partial charge in [0.1, 0.15) is 11.3 Å². The van der Waals surface area contributed by atoms with Gasteiger partial charge in [0.2, 0.25) is 0 Å². The third-order valence-corrected chi connectivity index (χ3v) is 4.10. The number of benzene rings is 2. The van der Waals surface area contributed by atoms with E-state index in [2.05, 4.69) is 4.98 Å². The van der Waals surface area contributed by atoms with E-state index < -0.39 is 5.97 Å². The molecule has 1 amide bonds. The Hall–Kier alpha value is -3.15. The molecule has 0 unspecified atom stereocenters. The summed E-state index contributed by atoms with van der Waals surface area (Å²) in [6.07, 6.45) is 0. The van der Waals surface area contributed by atoms with Crippen LogP contribution >= 0.6 is 0 Å². The third-order valence-electron chi connectivity index (χ3n) is 4.10. The van der Waals surface area contributed by atoms with Gasteiger partial charge in [0, 0.05) is 33.1 Å². The summed E-state index contributed by atoms with van der Waals surface area (Å²) < 4.78 is 7.35. The van der Waals surface area contributed by atoms with Crippen molar-refractivity contribution in [1.29, 1.82) is 0 Å². The first-order chi connectivity index (χ1) is 12.4. The molecule has 0 radical (unpaired) electrons. The molecule has 0 N–H and O–H groups in total. The molecular weight excluding hydrogens is 330 g/mol. The maximum Gasteiger partial charge on any atom is 0.308 e. The first-order valence-electron chi connectivity index (χ1n) is 8.31. The van der Waals surface area contributed by atoms with Gasteiger partial charge in [-0.25, -0.2) is 4.98 Å². The summed E-state index contributed by atoms with van der Waals surface area (Å²) in [4.78, 5) is 30.0. The van der Waals surface area contributed by atoms with Crippen LogP contribution in [0, 0.1) is 6.92 Å². The Morgan fingerprint density at radius 1 is 1.15 bits per heavy atom. The Bertz CT molecular complexity index is 975. The molecule has 0 atom stereocenters. The highest BCUT2D eigenvalue weighted by atomic mass is 16.5. The van der Waals surface area contributed by atoms with Gasteiger partial charge in [-0.2, -0.15) is 0 Å². The number of aryl methyl sites for hydroxylation is 1. The van der Waals surface area contributed by atoms with Crippen molar-refractivity contribution in [3.05, 3.63) is 59.4 Å². The molecule has 3 aromatic rings. The van der Waals surface area contributed by atoms with E-state index in [9.17, 15) is 9.59 Å². The van der Waals surface area contributed by atoms with Gasteiger partial charge in [-0.3, -0.25) is 9.59 Å². The lowest BCUT2D eigenvalue weighted by Crippen LogP contribution is -2.21. The maximum absolute atomic E-state index is 12.5. The zero-order valence-electron chi connectivity index (χ0n) is 15.3. The van der Waals surface area contributed by atoms with Gasteiger partial charge >= 0.3 is 5.97 Å². The number of nitrogens with zero attached hydrogens (tertiary/aromatic N) is 3. The van der Waals surface area contributed by atoms with Crippen molar-refractivity contribution in [3.8, 4) is 5.75 Å². The topological polar surface area (TPSA) is 64.4 Å². The predicted molar refractivity (Wildman–Crippen MR) is 99.3 cm³/mol. The minimum atomic E-state index is -0.448. The normalized spacial score (nSPS) is 10.8. The van der Waals surface area contributed by atoms with Gasteiger partial charge in [0.25, 0.3) is 5.91 Å². The number of fused-ring (bicyclic) bond motifs is 1. The van der Waals surface area contributed by atoms with Crippen molar-refractivity contribution in [3.63, 3.8) is 0 Å². The molecule has 0 saturated carbocycles. The van der Waals surface area contributed by atoms with Crippen molar-refractivity contribution in [2.24, 2.45) is 0 Å². The van der Waals surface area contributed by atoms with Gasteiger partial charge in [-0.05, 0) is 24.6 Å². The van der Waals surface area contributed by atoms with Crippen LogP contribution in [0.1, 0.15) is 28.7 Å². The summed E-state index contributed by atoms with van der Waals surface area (Å²) in [5.41, 5.74) is 2.90. The first-order valence-corrected chi connectivity index (χ1v) is 8.31. The molecule has 0 aliphatic heterocycles. The van der Waals surface area contributed by atoms with Crippen LogP contribution in [0.4, 0.5) is 0 Å². The van der Waals surface area contributed by atoms with Gasteiger partial charge in [0.05, 0.1) is 5.52 Å². The molecule has 0 saturated heterocycles. The van der Waals surface area contributed by atoms with Crippen LogP contribution in [0.3, 0.4) is 0 Å². The summed E-state index contributed by atoms with van der Waals surface area (Å²) in [5.74, 6) is 0.475. The lowest BCUT2D eigenvalue weighted by atomic mass is 10.1. The highest BCUT2D eigenvalue weighted by Gasteiger charge is 2.19. The SMILES string of the molecule is CC(=O)Oc1cc(C(=O)N(C)C)cc2c1nc(C)n2Cc1ccccc1. The molecule has 26 heavy (non-hydrogen) atoms. The highest BCUT2D eigenvalue weighted by molar-refractivity contribution is 5.99. The van der Waals surface area contributed by atoms with Crippen LogP contribution in [0.25, 0.3) is 11.0 Å². The van der Waals surface area contributed by atoms with E-state index in [1.54, 1.807) is 26.2 Å². The number of hydrogen-bond donors (Lipinski definition) is 0. The zero-order chi connectivity index (χ0) is 18.8. The van der Waals surface area contributed by atoms with Crippen molar-refractivity contribution in [2.75, 3.05) is 14.1 Å². The second-order valence-electron chi connectivity index (χ2n) is 6.37. The lowest BCUT2D eigenvalue weighted by Gasteiger charge is -2.13.